The quantitative estimate of drug-likeness (QED) is 0.807. The second-order valence-corrected chi connectivity index (χ2v) is 5.87. The predicted octanol–water partition coefficient (Wildman–Crippen LogP) is 3.34. The van der Waals surface area contributed by atoms with Gasteiger partial charge in [0.25, 0.3) is 5.91 Å². The zero-order valence-electron chi connectivity index (χ0n) is 13.0. The Labute approximate surface area is 143 Å². The van der Waals surface area contributed by atoms with E-state index in [9.17, 15) is 9.59 Å². The van der Waals surface area contributed by atoms with Crippen LogP contribution in [0.5, 0.6) is 0 Å². The van der Waals surface area contributed by atoms with Crippen molar-refractivity contribution in [3.05, 3.63) is 63.6 Å². The number of urea groups is 1. The fraction of sp³-hybridized carbons (Fsp3) is 0.176. The molecule has 0 saturated carbocycles. The van der Waals surface area contributed by atoms with E-state index in [1.165, 1.54) is 4.90 Å². The predicted molar refractivity (Wildman–Crippen MR) is 94.5 cm³/mol. The number of imide groups is 1. The summed E-state index contributed by atoms with van der Waals surface area (Å²) in [6, 6.07) is 11.7. The van der Waals surface area contributed by atoms with Crippen molar-refractivity contribution >= 4 is 33.6 Å². The molecule has 5 nitrogen and oxygen atoms in total. The van der Waals surface area contributed by atoms with Crippen LogP contribution in [0.15, 0.2) is 46.9 Å². The first-order chi connectivity index (χ1) is 11.0. The summed E-state index contributed by atoms with van der Waals surface area (Å²) in [6.07, 6.45) is 0. The number of amides is 3. The fourth-order valence-corrected chi connectivity index (χ4v) is 2.75. The van der Waals surface area contributed by atoms with Crippen molar-refractivity contribution in [1.29, 1.82) is 0 Å². The molecule has 0 unspecified atom stereocenters. The Morgan fingerprint density at radius 2 is 1.78 bits per heavy atom. The van der Waals surface area contributed by atoms with Gasteiger partial charge in [0.15, 0.2) is 0 Å². The number of nitrogens with one attached hydrogen (secondary N) is 1. The van der Waals surface area contributed by atoms with E-state index >= 15 is 0 Å². The third-order valence-corrected chi connectivity index (χ3v) is 4.61. The van der Waals surface area contributed by atoms with Gasteiger partial charge in [-0.1, -0.05) is 24.3 Å². The molecule has 23 heavy (non-hydrogen) atoms. The summed E-state index contributed by atoms with van der Waals surface area (Å²) in [6.45, 7) is 3.88. The van der Waals surface area contributed by atoms with E-state index in [1.807, 2.05) is 19.9 Å². The normalized spacial score (nSPS) is 10.3. The van der Waals surface area contributed by atoms with Gasteiger partial charge in [0.2, 0.25) is 0 Å². The average Bonchev–Trinajstić information content (AvgIpc) is 2.56. The Morgan fingerprint density at radius 3 is 2.39 bits per heavy atom. The van der Waals surface area contributed by atoms with Gasteiger partial charge in [0.1, 0.15) is 0 Å². The monoisotopic (exact) mass is 375 g/mol. The van der Waals surface area contributed by atoms with E-state index in [-0.39, 0.29) is 6.67 Å². The zero-order chi connectivity index (χ0) is 17.0. The van der Waals surface area contributed by atoms with Crippen LogP contribution in [0.1, 0.15) is 21.5 Å². The van der Waals surface area contributed by atoms with Gasteiger partial charge in [0, 0.05) is 10.0 Å². The smallest absolute Gasteiger partial charge is 0.313 e. The van der Waals surface area contributed by atoms with Crippen molar-refractivity contribution < 1.29 is 9.59 Å². The van der Waals surface area contributed by atoms with Crippen LogP contribution >= 0.6 is 15.9 Å². The number of carbonyl (C=O) groups excluding carboxylic acids is 2. The number of nitrogens with two attached hydrogens (primary N) is 1. The molecule has 2 aromatic rings. The number of halogens is 1. The molecule has 2 rings (SSSR count). The van der Waals surface area contributed by atoms with Crippen LogP contribution in [0, 0.1) is 13.8 Å². The van der Waals surface area contributed by atoms with Gasteiger partial charge in [0.05, 0.1) is 12.4 Å². The summed E-state index contributed by atoms with van der Waals surface area (Å²) in [7, 11) is 0. The minimum atomic E-state index is -0.565. The molecule has 0 saturated heterocycles. The molecule has 0 aromatic heterocycles. The van der Waals surface area contributed by atoms with Crippen LogP contribution in [0.25, 0.3) is 0 Å². The van der Waals surface area contributed by atoms with Crippen molar-refractivity contribution in [2.75, 3.05) is 11.6 Å². The highest BCUT2D eigenvalue weighted by atomic mass is 79.9. The molecule has 6 heteroatoms. The van der Waals surface area contributed by atoms with E-state index in [2.05, 4.69) is 21.2 Å². The highest BCUT2D eigenvalue weighted by Gasteiger charge is 2.20. The molecular weight excluding hydrogens is 358 g/mol. The first-order valence-electron chi connectivity index (χ1n) is 7.09. The first kappa shape index (κ1) is 17.2. The van der Waals surface area contributed by atoms with E-state index in [1.54, 1.807) is 36.4 Å². The van der Waals surface area contributed by atoms with Gasteiger partial charge in [-0.25, -0.2) is 4.79 Å². The molecule has 0 heterocycles. The fourth-order valence-electron chi connectivity index (χ4n) is 2.09. The number of rotatable bonds is 3. The van der Waals surface area contributed by atoms with Crippen molar-refractivity contribution in [2.45, 2.75) is 13.8 Å². The van der Waals surface area contributed by atoms with Gasteiger partial charge in [-0.15, -0.1) is 0 Å². The van der Waals surface area contributed by atoms with Crippen LogP contribution in [0.2, 0.25) is 0 Å². The summed E-state index contributed by atoms with van der Waals surface area (Å²) in [5.41, 5.74) is 8.86. The molecule has 0 aliphatic heterocycles. The van der Waals surface area contributed by atoms with Crippen molar-refractivity contribution in [2.24, 2.45) is 5.73 Å². The van der Waals surface area contributed by atoms with Crippen LogP contribution in [0.4, 0.5) is 10.5 Å². The van der Waals surface area contributed by atoms with Crippen molar-refractivity contribution in [3.8, 4) is 0 Å². The summed E-state index contributed by atoms with van der Waals surface area (Å²) in [4.78, 5) is 25.8. The standard InChI is InChI=1S/C17H18BrN3O2/c1-11-8-9-14(15(18)12(11)2)21(10-19)17(23)20-16(22)13-6-4-3-5-7-13/h3-9H,10,19H2,1-2H3,(H,20,22,23). The summed E-state index contributed by atoms with van der Waals surface area (Å²) in [5.74, 6) is -0.464. The third kappa shape index (κ3) is 3.78. The highest BCUT2D eigenvalue weighted by Crippen LogP contribution is 2.31. The van der Waals surface area contributed by atoms with E-state index in [0.717, 1.165) is 15.6 Å². The lowest BCUT2D eigenvalue weighted by molar-refractivity contribution is 0.0965. The lowest BCUT2D eigenvalue weighted by atomic mass is 10.1. The van der Waals surface area contributed by atoms with Crippen LogP contribution < -0.4 is 16.0 Å². The van der Waals surface area contributed by atoms with Gasteiger partial charge < -0.3 is 5.73 Å². The topological polar surface area (TPSA) is 75.4 Å². The Morgan fingerprint density at radius 1 is 1.13 bits per heavy atom. The molecule has 3 amide bonds. The molecular formula is C17H18BrN3O2. The molecule has 0 aliphatic rings. The lowest BCUT2D eigenvalue weighted by Gasteiger charge is -2.23. The number of anilines is 1. The number of hydrogen-bond donors (Lipinski definition) is 2. The molecule has 2 aromatic carbocycles. The van der Waals surface area contributed by atoms with Crippen LogP contribution in [0.3, 0.4) is 0 Å². The Kier molecular flexibility index (Phi) is 5.52. The number of benzene rings is 2. The Hall–Kier alpha value is -2.18. The SMILES string of the molecule is Cc1ccc(N(CN)C(=O)NC(=O)c2ccccc2)c(Br)c1C. The largest absolute Gasteiger partial charge is 0.329 e. The number of nitrogens with zero attached hydrogens (tertiary/aromatic N) is 1. The lowest BCUT2D eigenvalue weighted by Crippen LogP contribution is -2.45. The summed E-state index contributed by atoms with van der Waals surface area (Å²) in [5, 5.41) is 2.35. The molecule has 0 spiro atoms. The van der Waals surface area contributed by atoms with Gasteiger partial charge in [-0.3, -0.25) is 15.0 Å². The van der Waals surface area contributed by atoms with Gasteiger partial charge in [-0.2, -0.15) is 0 Å². The molecule has 120 valence electrons. The zero-order valence-corrected chi connectivity index (χ0v) is 14.6. The van der Waals surface area contributed by atoms with Crippen molar-refractivity contribution in [1.82, 2.24) is 5.32 Å². The Bertz CT molecular complexity index is 732. The molecule has 0 atom stereocenters. The van der Waals surface area contributed by atoms with E-state index in [4.69, 9.17) is 5.73 Å². The molecule has 0 radical (unpaired) electrons. The summed E-state index contributed by atoms with van der Waals surface area (Å²) >= 11 is 3.49. The maximum atomic E-state index is 12.4. The maximum absolute atomic E-state index is 12.4. The van der Waals surface area contributed by atoms with E-state index in [0.29, 0.717) is 11.3 Å². The molecule has 0 bridgehead atoms. The van der Waals surface area contributed by atoms with E-state index < -0.39 is 11.9 Å². The van der Waals surface area contributed by atoms with Gasteiger partial charge in [-0.05, 0) is 59.1 Å². The third-order valence-electron chi connectivity index (χ3n) is 3.61. The number of carbonyl (C=O) groups is 2. The van der Waals surface area contributed by atoms with Crippen LogP contribution in [-0.4, -0.2) is 18.6 Å². The van der Waals surface area contributed by atoms with Crippen molar-refractivity contribution in [3.63, 3.8) is 0 Å². The second kappa shape index (κ2) is 7.39. The van der Waals surface area contributed by atoms with Crippen LogP contribution in [-0.2, 0) is 0 Å². The number of aryl methyl sites for hydroxylation is 1. The molecule has 3 N–H and O–H groups in total. The first-order valence-corrected chi connectivity index (χ1v) is 7.88. The van der Waals surface area contributed by atoms with Gasteiger partial charge >= 0.3 is 6.03 Å². The minimum absolute atomic E-state index is 0.0466. The molecule has 0 fully saturated rings. The minimum Gasteiger partial charge on any atom is -0.313 e. The Balaban J connectivity index is 2.23. The molecule has 0 aliphatic carbocycles. The average molecular weight is 376 g/mol. The highest BCUT2D eigenvalue weighted by molar-refractivity contribution is 9.10. The number of hydrogen-bond acceptors (Lipinski definition) is 3. The summed E-state index contributed by atoms with van der Waals surface area (Å²) < 4.78 is 0.783. The second-order valence-electron chi connectivity index (χ2n) is 5.08. The maximum Gasteiger partial charge on any atom is 0.329 e.